The monoisotopic (exact) mass is 215 g/mol. The smallest absolute Gasteiger partial charge is 0.248 e. The van der Waals surface area contributed by atoms with Crippen LogP contribution in [0.1, 0.15) is 0 Å². The molecule has 0 bridgehead atoms. The SMILES string of the molecule is NNC(=O)CN1CCN(CC(N)=O)CC1. The number of carbonyl (C=O) groups is 2. The van der Waals surface area contributed by atoms with Gasteiger partial charge < -0.3 is 5.73 Å². The van der Waals surface area contributed by atoms with Crippen LogP contribution in [0.15, 0.2) is 0 Å². The van der Waals surface area contributed by atoms with Crippen molar-refractivity contribution >= 4 is 11.8 Å². The molecule has 1 heterocycles. The highest BCUT2D eigenvalue weighted by Crippen LogP contribution is 2.00. The highest BCUT2D eigenvalue weighted by molar-refractivity contribution is 5.77. The van der Waals surface area contributed by atoms with E-state index in [0.29, 0.717) is 6.54 Å². The van der Waals surface area contributed by atoms with Crippen molar-refractivity contribution in [1.29, 1.82) is 0 Å². The number of primary amides is 1. The van der Waals surface area contributed by atoms with Crippen LogP contribution in [0.3, 0.4) is 0 Å². The second kappa shape index (κ2) is 5.64. The molecule has 0 spiro atoms. The van der Waals surface area contributed by atoms with Gasteiger partial charge in [0.1, 0.15) is 0 Å². The summed E-state index contributed by atoms with van der Waals surface area (Å²) in [6.07, 6.45) is 0. The highest BCUT2D eigenvalue weighted by Gasteiger charge is 2.19. The van der Waals surface area contributed by atoms with Gasteiger partial charge in [-0.05, 0) is 0 Å². The highest BCUT2D eigenvalue weighted by atomic mass is 16.2. The topological polar surface area (TPSA) is 105 Å². The average Bonchev–Trinajstić information content (AvgIpc) is 2.20. The van der Waals surface area contributed by atoms with E-state index in [9.17, 15) is 9.59 Å². The van der Waals surface area contributed by atoms with Gasteiger partial charge in [-0.3, -0.25) is 24.8 Å². The van der Waals surface area contributed by atoms with Gasteiger partial charge in [0.2, 0.25) is 11.8 Å². The van der Waals surface area contributed by atoms with E-state index in [1.54, 1.807) is 0 Å². The van der Waals surface area contributed by atoms with Crippen molar-refractivity contribution in [2.75, 3.05) is 39.3 Å². The molecule has 0 aromatic rings. The predicted molar refractivity (Wildman–Crippen MR) is 54.4 cm³/mol. The van der Waals surface area contributed by atoms with Gasteiger partial charge in [-0.25, -0.2) is 5.84 Å². The average molecular weight is 215 g/mol. The third-order valence-corrected chi connectivity index (χ3v) is 2.37. The first-order valence-corrected chi connectivity index (χ1v) is 4.84. The number of piperazine rings is 1. The molecule has 1 saturated heterocycles. The number of amides is 2. The standard InChI is InChI=1S/C8H17N5O2/c9-7(14)5-12-1-3-13(4-2-12)6-8(15)11-10/h1-6,10H2,(H2,9,14)(H,11,15). The van der Waals surface area contributed by atoms with Crippen LogP contribution in [0.25, 0.3) is 0 Å². The Labute approximate surface area is 88.3 Å². The van der Waals surface area contributed by atoms with Crippen LogP contribution < -0.4 is 17.0 Å². The van der Waals surface area contributed by atoms with Crippen molar-refractivity contribution in [3.05, 3.63) is 0 Å². The fourth-order valence-electron chi connectivity index (χ4n) is 1.57. The lowest BCUT2D eigenvalue weighted by Gasteiger charge is -2.33. The molecule has 1 fully saturated rings. The predicted octanol–water partition coefficient (Wildman–Crippen LogP) is -2.92. The van der Waals surface area contributed by atoms with Crippen molar-refractivity contribution in [3.8, 4) is 0 Å². The molecule has 0 saturated carbocycles. The summed E-state index contributed by atoms with van der Waals surface area (Å²) >= 11 is 0. The summed E-state index contributed by atoms with van der Waals surface area (Å²) in [5.74, 6) is 4.47. The van der Waals surface area contributed by atoms with Crippen LogP contribution >= 0.6 is 0 Å². The number of nitrogens with two attached hydrogens (primary N) is 2. The van der Waals surface area contributed by atoms with E-state index < -0.39 is 0 Å². The van der Waals surface area contributed by atoms with E-state index in [1.165, 1.54) is 0 Å². The van der Waals surface area contributed by atoms with E-state index in [4.69, 9.17) is 11.6 Å². The van der Waals surface area contributed by atoms with Crippen molar-refractivity contribution in [3.63, 3.8) is 0 Å². The molecule has 86 valence electrons. The van der Waals surface area contributed by atoms with Crippen molar-refractivity contribution in [2.24, 2.45) is 11.6 Å². The molecule has 2 amide bonds. The maximum Gasteiger partial charge on any atom is 0.248 e. The van der Waals surface area contributed by atoms with Crippen molar-refractivity contribution in [2.45, 2.75) is 0 Å². The molecule has 1 aliphatic heterocycles. The fraction of sp³-hybridized carbons (Fsp3) is 0.750. The summed E-state index contributed by atoms with van der Waals surface area (Å²) in [4.78, 5) is 25.6. The molecule has 7 nitrogen and oxygen atoms in total. The molecule has 0 aromatic carbocycles. The molecule has 0 aromatic heterocycles. The van der Waals surface area contributed by atoms with Gasteiger partial charge in [0.25, 0.3) is 0 Å². The zero-order chi connectivity index (χ0) is 11.3. The Morgan fingerprint density at radius 2 is 1.53 bits per heavy atom. The van der Waals surface area contributed by atoms with Crippen LogP contribution in [0.5, 0.6) is 0 Å². The third kappa shape index (κ3) is 4.24. The zero-order valence-electron chi connectivity index (χ0n) is 8.61. The lowest BCUT2D eigenvalue weighted by atomic mass is 10.3. The minimum atomic E-state index is -0.317. The lowest BCUT2D eigenvalue weighted by molar-refractivity contribution is -0.123. The molecule has 1 rings (SSSR count). The molecular weight excluding hydrogens is 198 g/mol. The number of carbonyl (C=O) groups excluding carboxylic acids is 2. The van der Waals surface area contributed by atoms with Gasteiger partial charge in [0.15, 0.2) is 0 Å². The second-order valence-corrected chi connectivity index (χ2v) is 3.59. The van der Waals surface area contributed by atoms with Gasteiger partial charge in [0, 0.05) is 26.2 Å². The van der Waals surface area contributed by atoms with Gasteiger partial charge in [-0.2, -0.15) is 0 Å². The van der Waals surface area contributed by atoms with Crippen molar-refractivity contribution < 1.29 is 9.59 Å². The zero-order valence-corrected chi connectivity index (χ0v) is 8.61. The molecule has 5 N–H and O–H groups in total. The number of nitrogens with one attached hydrogen (secondary N) is 1. The van der Waals surface area contributed by atoms with E-state index in [0.717, 1.165) is 26.2 Å². The van der Waals surface area contributed by atoms with Crippen LogP contribution in [0.4, 0.5) is 0 Å². The first-order valence-electron chi connectivity index (χ1n) is 4.84. The molecular formula is C8H17N5O2. The van der Waals surface area contributed by atoms with Crippen LogP contribution in [0, 0.1) is 0 Å². The second-order valence-electron chi connectivity index (χ2n) is 3.59. The molecule has 0 radical (unpaired) electrons. The molecule has 15 heavy (non-hydrogen) atoms. The Bertz CT molecular complexity index is 237. The number of hydrazine groups is 1. The van der Waals surface area contributed by atoms with Crippen molar-refractivity contribution in [1.82, 2.24) is 15.2 Å². The van der Waals surface area contributed by atoms with Gasteiger partial charge in [-0.1, -0.05) is 0 Å². The molecule has 1 aliphatic rings. The summed E-state index contributed by atoms with van der Waals surface area (Å²) in [5, 5.41) is 0. The summed E-state index contributed by atoms with van der Waals surface area (Å²) in [6, 6.07) is 0. The Morgan fingerprint density at radius 1 is 1.07 bits per heavy atom. The maximum absolute atomic E-state index is 11.0. The minimum Gasteiger partial charge on any atom is -0.369 e. The quantitative estimate of drug-likeness (QED) is 0.265. The number of rotatable bonds is 4. The Hall–Kier alpha value is -1.18. The molecule has 7 heteroatoms. The fourth-order valence-corrected chi connectivity index (χ4v) is 1.57. The number of nitrogens with zero attached hydrogens (tertiary/aromatic N) is 2. The number of hydrogen-bond donors (Lipinski definition) is 3. The van der Waals surface area contributed by atoms with Crippen LogP contribution in [-0.2, 0) is 9.59 Å². The third-order valence-electron chi connectivity index (χ3n) is 2.37. The first-order chi connectivity index (χ1) is 7.11. The van der Waals surface area contributed by atoms with E-state index >= 15 is 0 Å². The van der Waals surface area contributed by atoms with E-state index in [2.05, 4.69) is 5.43 Å². The lowest BCUT2D eigenvalue weighted by Crippen LogP contribution is -2.51. The summed E-state index contributed by atoms with van der Waals surface area (Å²) in [7, 11) is 0. The normalized spacial score (nSPS) is 18.7. The summed E-state index contributed by atoms with van der Waals surface area (Å²) in [5.41, 5.74) is 7.17. The maximum atomic E-state index is 11.0. The van der Waals surface area contributed by atoms with Gasteiger partial charge in [-0.15, -0.1) is 0 Å². The Morgan fingerprint density at radius 3 is 1.93 bits per heavy atom. The first kappa shape index (κ1) is 11.9. The van der Waals surface area contributed by atoms with Crippen LogP contribution in [0.2, 0.25) is 0 Å². The number of hydrogen-bond acceptors (Lipinski definition) is 5. The Balaban J connectivity index is 2.23. The summed E-state index contributed by atoms with van der Waals surface area (Å²) in [6.45, 7) is 3.60. The molecule has 0 atom stereocenters. The van der Waals surface area contributed by atoms with E-state index in [-0.39, 0.29) is 18.4 Å². The minimum absolute atomic E-state index is 0.196. The van der Waals surface area contributed by atoms with E-state index in [1.807, 2.05) is 9.80 Å². The largest absolute Gasteiger partial charge is 0.369 e. The van der Waals surface area contributed by atoms with Gasteiger partial charge >= 0.3 is 0 Å². The summed E-state index contributed by atoms with van der Waals surface area (Å²) < 4.78 is 0. The molecule has 0 unspecified atom stereocenters. The van der Waals surface area contributed by atoms with Crippen LogP contribution in [-0.4, -0.2) is 60.9 Å². The van der Waals surface area contributed by atoms with Gasteiger partial charge in [0.05, 0.1) is 13.1 Å². The Kier molecular flexibility index (Phi) is 4.47. The molecule has 0 aliphatic carbocycles.